The minimum absolute atomic E-state index is 0.0149. The van der Waals surface area contributed by atoms with Crippen LogP contribution in [0.4, 0.5) is 20.1 Å². The first-order valence-corrected chi connectivity index (χ1v) is 27.6. The van der Waals surface area contributed by atoms with Crippen molar-refractivity contribution in [1.29, 1.82) is 0 Å². The van der Waals surface area contributed by atoms with Crippen LogP contribution in [0.5, 0.6) is 17.2 Å². The van der Waals surface area contributed by atoms with Crippen LogP contribution in [0.15, 0.2) is 91.0 Å². The van der Waals surface area contributed by atoms with E-state index in [4.69, 9.17) is 29.4 Å². The Morgan fingerprint density at radius 3 is 2.11 bits per heavy atom. The SMILES string of the molecule is COc1cccc2c1C(=O)c1c(O)c3c(c(O)c1C2=O)C[C@@](O)(C(=O)CO)C[C@@H]3O[C@H]1C[C@H](NC(=O)OCc2ccc(NC(=O)C(CCCNC(N)=O)NC(=O)[C@@H](NC(=O)OCC3c4ccccc4-c4ccccc43)C(C)C)cc2)[C@H](O)[C@H](C)O1. The van der Waals surface area contributed by atoms with Crippen molar-refractivity contribution in [2.75, 3.05) is 32.2 Å². The first kappa shape index (κ1) is 60.6. The molecular weight excluding hydrogens is 1100 g/mol. The molecule has 6 amide bonds. The van der Waals surface area contributed by atoms with Gasteiger partial charge in [0.2, 0.25) is 17.6 Å². The number of methoxy groups -OCH3 is 1. The van der Waals surface area contributed by atoms with Crippen LogP contribution in [0, 0.1) is 5.92 Å². The molecule has 8 atom stereocenters. The molecule has 24 nitrogen and oxygen atoms in total. The summed E-state index contributed by atoms with van der Waals surface area (Å²) in [5.41, 5.74) is 5.72. The third-order valence-electron chi connectivity index (χ3n) is 15.8. The van der Waals surface area contributed by atoms with E-state index >= 15 is 0 Å². The lowest BCUT2D eigenvalue weighted by Gasteiger charge is -2.42. The first-order chi connectivity index (χ1) is 40.6. The van der Waals surface area contributed by atoms with E-state index in [1.54, 1.807) is 26.0 Å². The fraction of sp³-hybridized carbons (Fsp3) is 0.377. The van der Waals surface area contributed by atoms with Crippen LogP contribution in [0.25, 0.3) is 11.1 Å². The van der Waals surface area contributed by atoms with Crippen LogP contribution < -0.4 is 37.1 Å². The molecule has 448 valence electrons. The average Bonchev–Trinajstić information content (AvgIpc) is 1.41. The monoisotopic (exact) mass is 1170 g/mol. The van der Waals surface area contributed by atoms with Crippen molar-refractivity contribution < 1.29 is 87.6 Å². The third-order valence-corrected chi connectivity index (χ3v) is 15.8. The van der Waals surface area contributed by atoms with Crippen LogP contribution in [0.3, 0.4) is 0 Å². The number of aliphatic hydroxyl groups excluding tert-OH is 2. The molecule has 12 N–H and O–H groups in total. The van der Waals surface area contributed by atoms with Gasteiger partial charge in [0.25, 0.3) is 0 Å². The maximum Gasteiger partial charge on any atom is 0.407 e. The number of hydrogen-bond donors (Lipinski definition) is 11. The van der Waals surface area contributed by atoms with E-state index in [9.17, 15) is 63.9 Å². The molecule has 1 unspecified atom stereocenters. The van der Waals surface area contributed by atoms with Gasteiger partial charge < -0.3 is 81.5 Å². The Balaban J connectivity index is 0.818. The van der Waals surface area contributed by atoms with Gasteiger partial charge >= 0.3 is 18.2 Å². The van der Waals surface area contributed by atoms with E-state index in [2.05, 4.69) is 26.6 Å². The van der Waals surface area contributed by atoms with E-state index in [1.165, 1.54) is 44.4 Å². The Hall–Kier alpha value is -8.94. The summed E-state index contributed by atoms with van der Waals surface area (Å²) in [6, 6.07) is 22.0. The van der Waals surface area contributed by atoms with Crippen LogP contribution in [-0.2, 0) is 46.4 Å². The number of aromatic hydroxyl groups is 2. The fourth-order valence-electron chi connectivity index (χ4n) is 11.5. The van der Waals surface area contributed by atoms with Crippen LogP contribution >= 0.6 is 0 Å². The number of nitrogens with one attached hydrogen (secondary N) is 5. The van der Waals surface area contributed by atoms with Crippen molar-refractivity contribution in [2.24, 2.45) is 11.7 Å². The average molecular weight is 1170 g/mol. The summed E-state index contributed by atoms with van der Waals surface area (Å²) in [5, 5.41) is 69.6. The number of carbonyl (C=O) groups excluding carboxylic acids is 8. The highest BCUT2D eigenvalue weighted by Crippen LogP contribution is 2.53. The minimum Gasteiger partial charge on any atom is -0.507 e. The maximum absolute atomic E-state index is 14.1. The zero-order valence-corrected chi connectivity index (χ0v) is 46.8. The molecule has 1 aliphatic heterocycles. The zero-order valence-electron chi connectivity index (χ0n) is 46.8. The number of carbonyl (C=O) groups is 8. The van der Waals surface area contributed by atoms with Gasteiger partial charge in [-0.25, -0.2) is 14.4 Å². The smallest absolute Gasteiger partial charge is 0.407 e. The standard InChI is InChI=1S/C61H66N6O18/c1-29(2)50(67-60(79)83-28-39-35-13-7-5-11-33(35)34-12-6-8-14-36(34)39)57(76)65-40(16-10-22-63-58(62)77)56(75)64-32-20-18-31(19-21-32)27-82-59(78)66-41-23-45(84-30(3)51(41)70)85-43-25-61(80,44(69)26-68)24-38-47(43)55(74)49-48(53(38)72)52(71)37-15-9-17-42(81-4)46(37)54(49)73/h5-9,11-15,17-21,29-30,39-41,43,45,50-51,68,70,72,74,80H,10,16,22-28H2,1-4H3,(H,64,75)(H,65,76)(H,66,78)(H,67,79)(H3,62,63,77)/t30-,40?,41-,43-,45-,50-,51+,61-/m0/s1. The summed E-state index contributed by atoms with van der Waals surface area (Å²) in [7, 11) is 1.29. The van der Waals surface area contributed by atoms with Crippen molar-refractivity contribution in [2.45, 2.75) is 114 Å². The number of hydrogen-bond acceptors (Lipinski definition) is 18. The molecule has 85 heavy (non-hydrogen) atoms. The highest BCUT2D eigenvalue weighted by molar-refractivity contribution is 6.31. The number of Topliss-reactive ketones (excluding diaryl/α,β-unsaturated/α-hetero) is 1. The van der Waals surface area contributed by atoms with E-state index in [-0.39, 0.29) is 72.9 Å². The Kier molecular flexibility index (Phi) is 18.2. The van der Waals surface area contributed by atoms with Gasteiger partial charge in [-0.1, -0.05) is 86.6 Å². The predicted octanol–water partition coefficient (Wildman–Crippen LogP) is 4.40. The number of amides is 6. The fourth-order valence-corrected chi connectivity index (χ4v) is 11.5. The van der Waals surface area contributed by atoms with Crippen molar-refractivity contribution in [3.8, 4) is 28.4 Å². The molecule has 0 aromatic heterocycles. The number of primary amides is 1. The van der Waals surface area contributed by atoms with Gasteiger partial charge in [-0.05, 0) is 71.7 Å². The number of benzene rings is 5. The van der Waals surface area contributed by atoms with E-state index in [0.717, 1.165) is 22.3 Å². The molecule has 24 heteroatoms. The number of anilines is 1. The Morgan fingerprint density at radius 2 is 1.46 bits per heavy atom. The number of rotatable bonds is 20. The molecule has 0 bridgehead atoms. The molecule has 1 heterocycles. The topological polar surface area (TPSA) is 370 Å². The van der Waals surface area contributed by atoms with Gasteiger partial charge in [0.05, 0.1) is 42.0 Å². The molecule has 5 aromatic rings. The molecule has 3 aliphatic carbocycles. The minimum atomic E-state index is -2.42. The number of phenols is 2. The van der Waals surface area contributed by atoms with Crippen molar-refractivity contribution in [3.05, 3.63) is 141 Å². The second-order valence-corrected chi connectivity index (χ2v) is 21.7. The largest absolute Gasteiger partial charge is 0.507 e. The Labute approximate surface area is 487 Å². The van der Waals surface area contributed by atoms with Gasteiger partial charge in [0.1, 0.15) is 60.9 Å². The third kappa shape index (κ3) is 12.6. The molecule has 0 spiro atoms. The molecule has 5 aromatic carbocycles. The highest BCUT2D eigenvalue weighted by atomic mass is 16.7. The van der Waals surface area contributed by atoms with Gasteiger partial charge in [0.15, 0.2) is 17.9 Å². The van der Waals surface area contributed by atoms with Gasteiger partial charge in [-0.3, -0.25) is 24.0 Å². The summed E-state index contributed by atoms with van der Waals surface area (Å²) >= 11 is 0. The molecule has 9 rings (SSSR count). The molecule has 0 radical (unpaired) electrons. The summed E-state index contributed by atoms with van der Waals surface area (Å²) in [5.74, 6) is -6.29. The molecule has 0 saturated carbocycles. The second-order valence-electron chi connectivity index (χ2n) is 21.7. The molecule has 1 saturated heterocycles. The zero-order chi connectivity index (χ0) is 61.0. The predicted molar refractivity (Wildman–Crippen MR) is 302 cm³/mol. The van der Waals surface area contributed by atoms with Crippen molar-refractivity contribution in [1.82, 2.24) is 21.3 Å². The summed E-state index contributed by atoms with van der Waals surface area (Å²) in [6.45, 7) is 3.61. The quantitative estimate of drug-likeness (QED) is 0.0372. The lowest BCUT2D eigenvalue weighted by molar-refractivity contribution is -0.249. The number of fused-ring (bicyclic) bond motifs is 6. The van der Waals surface area contributed by atoms with E-state index in [1.807, 2.05) is 48.5 Å². The number of urea groups is 1. The number of alkyl carbamates (subject to hydrolysis) is 2. The molecular formula is C61H66N6O18. The lowest BCUT2D eigenvalue weighted by atomic mass is 9.72. The van der Waals surface area contributed by atoms with E-state index < -0.39 is 144 Å². The van der Waals surface area contributed by atoms with Crippen LogP contribution in [-0.4, -0.2) is 142 Å². The number of nitrogens with two attached hydrogens (primary N) is 1. The highest BCUT2D eigenvalue weighted by Gasteiger charge is 2.51. The van der Waals surface area contributed by atoms with E-state index in [0.29, 0.717) is 11.3 Å². The van der Waals surface area contributed by atoms with Crippen LogP contribution in [0.2, 0.25) is 0 Å². The lowest BCUT2D eigenvalue weighted by Crippen LogP contribution is -2.56. The number of ketones is 3. The number of ether oxygens (including phenoxy) is 5. The summed E-state index contributed by atoms with van der Waals surface area (Å²) in [6.07, 6.45) is -8.44. The van der Waals surface area contributed by atoms with Gasteiger partial charge in [0, 0.05) is 54.1 Å². The number of phenolic OH excluding ortho intramolecular Hbond substituents is 2. The van der Waals surface area contributed by atoms with Crippen molar-refractivity contribution >= 4 is 53.1 Å². The van der Waals surface area contributed by atoms with Crippen LogP contribution in [0.1, 0.15) is 118 Å². The van der Waals surface area contributed by atoms with Gasteiger partial charge in [-0.2, -0.15) is 0 Å². The Bertz CT molecular complexity index is 3400. The number of aliphatic hydroxyl groups is 3. The van der Waals surface area contributed by atoms with Crippen molar-refractivity contribution in [3.63, 3.8) is 0 Å². The summed E-state index contributed by atoms with van der Waals surface area (Å²) in [4.78, 5) is 107. The maximum atomic E-state index is 14.1. The molecule has 1 fully saturated rings. The molecule has 4 aliphatic rings. The first-order valence-electron chi connectivity index (χ1n) is 27.6. The second kappa shape index (κ2) is 25.5. The summed E-state index contributed by atoms with van der Waals surface area (Å²) < 4.78 is 28.8. The normalized spacial score (nSPS) is 20.9. The van der Waals surface area contributed by atoms with Gasteiger partial charge in [-0.15, -0.1) is 0 Å². The Morgan fingerprint density at radius 1 is 0.800 bits per heavy atom.